The third-order valence-corrected chi connectivity index (χ3v) is 8.78. The predicted octanol–water partition coefficient (Wildman–Crippen LogP) is 5.07. The molecule has 0 fully saturated rings. The van der Waals surface area contributed by atoms with E-state index in [4.69, 9.17) is 6.42 Å². The van der Waals surface area contributed by atoms with Crippen LogP contribution in [-0.4, -0.2) is 37.2 Å². The normalized spacial score (nSPS) is 14.4. The minimum absolute atomic E-state index is 0.0616. The number of sulfonamides is 1. The molecule has 0 aliphatic carbocycles. The number of likely N-dealkylation sites (N-methyl/N-ethyl adjacent to an activating group) is 1. The highest BCUT2D eigenvalue weighted by atomic mass is 32.2. The van der Waals surface area contributed by atoms with Crippen LogP contribution in [0.25, 0.3) is 11.6 Å². The van der Waals surface area contributed by atoms with Crippen molar-refractivity contribution in [2.45, 2.75) is 10.9 Å². The van der Waals surface area contributed by atoms with Crippen molar-refractivity contribution in [1.29, 1.82) is 0 Å². The number of nitrogens with zero attached hydrogens (tertiary/aromatic N) is 3. The van der Waals surface area contributed by atoms with Crippen molar-refractivity contribution < 1.29 is 13.2 Å². The Morgan fingerprint density at radius 2 is 1.70 bits per heavy atom. The van der Waals surface area contributed by atoms with Gasteiger partial charge >= 0.3 is 0 Å². The second-order valence-electron chi connectivity index (χ2n) is 8.45. The van der Waals surface area contributed by atoms with Crippen molar-refractivity contribution in [1.82, 2.24) is 9.29 Å². The molecule has 2 heterocycles. The fraction of sp³-hybridized carbons (Fsp3) is 0.103. The van der Waals surface area contributed by atoms with E-state index in [1.807, 2.05) is 66.0 Å². The Bertz CT molecular complexity index is 1570. The highest BCUT2D eigenvalue weighted by molar-refractivity contribution is 7.89. The number of carbonyl (C=O) groups is 1. The zero-order valence-electron chi connectivity index (χ0n) is 20.0. The molecule has 37 heavy (non-hydrogen) atoms. The number of terminal acetylenes is 1. The third kappa shape index (κ3) is 4.60. The zero-order valence-corrected chi connectivity index (χ0v) is 21.6. The molecular formula is C29H23N3O3S2. The van der Waals surface area contributed by atoms with Crippen LogP contribution in [0.2, 0.25) is 0 Å². The van der Waals surface area contributed by atoms with E-state index in [-0.39, 0.29) is 17.3 Å². The molecule has 0 unspecified atom stereocenters. The van der Waals surface area contributed by atoms with Gasteiger partial charge in [0.2, 0.25) is 10.0 Å². The Balaban J connectivity index is 1.65. The van der Waals surface area contributed by atoms with Crippen LogP contribution >= 0.6 is 11.3 Å². The van der Waals surface area contributed by atoms with E-state index in [1.54, 1.807) is 31.5 Å². The number of amides is 1. The van der Waals surface area contributed by atoms with E-state index in [0.29, 0.717) is 21.8 Å². The molecule has 0 radical (unpaired) electrons. The Morgan fingerprint density at radius 1 is 1.05 bits per heavy atom. The van der Waals surface area contributed by atoms with Gasteiger partial charge in [0.05, 0.1) is 28.7 Å². The molecule has 3 aromatic carbocycles. The van der Waals surface area contributed by atoms with Gasteiger partial charge in [-0.05, 0) is 35.4 Å². The Morgan fingerprint density at radius 3 is 2.27 bits per heavy atom. The van der Waals surface area contributed by atoms with E-state index in [2.05, 4.69) is 10.9 Å². The first-order chi connectivity index (χ1) is 17.9. The summed E-state index contributed by atoms with van der Waals surface area (Å²) >= 11 is 1.40. The fourth-order valence-electron chi connectivity index (χ4n) is 4.49. The molecule has 1 aliphatic rings. The molecule has 184 valence electrons. The quantitative estimate of drug-likeness (QED) is 0.249. The largest absolute Gasteiger partial charge is 0.311 e. The summed E-state index contributed by atoms with van der Waals surface area (Å²) in [4.78, 5) is 18.8. The van der Waals surface area contributed by atoms with Crippen LogP contribution in [-0.2, 0) is 14.8 Å². The molecule has 0 saturated carbocycles. The van der Waals surface area contributed by atoms with Gasteiger partial charge in [0.1, 0.15) is 5.01 Å². The monoisotopic (exact) mass is 525 g/mol. The van der Waals surface area contributed by atoms with Crippen molar-refractivity contribution >= 4 is 44.6 Å². The summed E-state index contributed by atoms with van der Waals surface area (Å²) < 4.78 is 29.7. The number of carbonyl (C=O) groups excluding carboxylic acids is 1. The molecule has 0 spiro atoms. The van der Waals surface area contributed by atoms with Crippen molar-refractivity contribution in [2.24, 2.45) is 0 Å². The first kappa shape index (κ1) is 24.7. The van der Waals surface area contributed by atoms with Gasteiger partial charge in [0.25, 0.3) is 5.91 Å². The molecule has 5 rings (SSSR count). The number of benzene rings is 3. The summed E-state index contributed by atoms with van der Waals surface area (Å²) in [6, 6.07) is 22.9. The molecule has 0 bridgehead atoms. The number of anilines is 1. The van der Waals surface area contributed by atoms with Crippen molar-refractivity contribution in [3.63, 3.8) is 0 Å². The lowest BCUT2D eigenvalue weighted by molar-refractivity contribution is -0.112. The van der Waals surface area contributed by atoms with Gasteiger partial charge in [-0.15, -0.1) is 17.8 Å². The van der Waals surface area contributed by atoms with Crippen LogP contribution in [0.3, 0.4) is 0 Å². The fourth-order valence-corrected chi connectivity index (χ4v) is 6.61. The number of hydrogen-bond donors (Lipinski definition) is 0. The Kier molecular flexibility index (Phi) is 6.76. The second kappa shape index (κ2) is 10.1. The van der Waals surface area contributed by atoms with E-state index >= 15 is 0 Å². The van der Waals surface area contributed by atoms with Crippen LogP contribution in [0.15, 0.2) is 95.3 Å². The molecule has 1 aliphatic heterocycles. The van der Waals surface area contributed by atoms with Gasteiger partial charge in [-0.25, -0.2) is 13.4 Å². The van der Waals surface area contributed by atoms with E-state index in [9.17, 15) is 13.2 Å². The lowest BCUT2D eigenvalue weighted by Crippen LogP contribution is -2.36. The predicted molar refractivity (Wildman–Crippen MR) is 147 cm³/mol. The van der Waals surface area contributed by atoms with Gasteiger partial charge in [0, 0.05) is 24.2 Å². The third-order valence-electron chi connectivity index (χ3n) is 6.25. The van der Waals surface area contributed by atoms with Crippen molar-refractivity contribution in [3.8, 4) is 12.3 Å². The summed E-state index contributed by atoms with van der Waals surface area (Å²) in [7, 11) is -2.41. The molecule has 1 aromatic heterocycles. The maximum Gasteiger partial charge on any atom is 0.258 e. The zero-order chi connectivity index (χ0) is 26.0. The minimum Gasteiger partial charge on any atom is -0.311 e. The van der Waals surface area contributed by atoms with E-state index in [1.165, 1.54) is 26.6 Å². The van der Waals surface area contributed by atoms with Crippen molar-refractivity contribution in [2.75, 3.05) is 18.5 Å². The highest BCUT2D eigenvalue weighted by Gasteiger charge is 2.36. The summed E-state index contributed by atoms with van der Waals surface area (Å²) in [5.41, 5.74) is 3.18. The molecule has 4 aromatic rings. The maximum absolute atomic E-state index is 14.2. The summed E-state index contributed by atoms with van der Waals surface area (Å²) in [6.45, 7) is -0.130. The highest BCUT2D eigenvalue weighted by Crippen LogP contribution is 2.40. The lowest BCUT2D eigenvalue weighted by Gasteiger charge is -2.30. The summed E-state index contributed by atoms with van der Waals surface area (Å²) in [5.74, 6) is 2.32. The van der Waals surface area contributed by atoms with E-state index < -0.39 is 16.1 Å². The molecule has 8 heteroatoms. The topological polar surface area (TPSA) is 70.6 Å². The number of aromatic nitrogens is 1. The standard InChI is InChI=1S/C29H23N3O3S2/c1-3-17-32(28(21-10-6-4-7-11-21)22-12-8-5-9-13-22)37(34,35)23-14-15-26-24(19-23)25(29(33)31(26)2)20-27-30-16-18-36-27/h1,4-16,18-20,28H,17H2,2H3/b25-20+. The first-order valence-corrected chi connectivity index (χ1v) is 13.8. The minimum atomic E-state index is -4.08. The second-order valence-corrected chi connectivity index (χ2v) is 11.3. The first-order valence-electron chi connectivity index (χ1n) is 11.5. The van der Waals surface area contributed by atoms with Crippen LogP contribution in [0.4, 0.5) is 5.69 Å². The molecule has 6 nitrogen and oxygen atoms in total. The van der Waals surface area contributed by atoms with E-state index in [0.717, 1.165) is 11.1 Å². The van der Waals surface area contributed by atoms with Crippen LogP contribution in [0.1, 0.15) is 27.7 Å². The number of hydrogen-bond acceptors (Lipinski definition) is 5. The summed E-state index contributed by atoms with van der Waals surface area (Å²) in [5, 5.41) is 2.49. The lowest BCUT2D eigenvalue weighted by atomic mass is 9.99. The molecule has 0 N–H and O–H groups in total. The van der Waals surface area contributed by atoms with Crippen LogP contribution in [0.5, 0.6) is 0 Å². The molecular weight excluding hydrogens is 502 g/mol. The summed E-state index contributed by atoms with van der Waals surface area (Å²) in [6.07, 6.45) is 9.06. The SMILES string of the molecule is C#CCN(C(c1ccccc1)c1ccccc1)S(=O)(=O)c1ccc2c(c1)/C(=C\c1nccs1)C(=O)N2C. The smallest absolute Gasteiger partial charge is 0.258 e. The van der Waals surface area contributed by atoms with Gasteiger partial charge in [0.15, 0.2) is 0 Å². The van der Waals surface area contributed by atoms with Crippen LogP contribution < -0.4 is 4.90 Å². The van der Waals surface area contributed by atoms with Gasteiger partial charge in [-0.3, -0.25) is 4.79 Å². The van der Waals surface area contributed by atoms with Gasteiger partial charge in [-0.2, -0.15) is 4.31 Å². The van der Waals surface area contributed by atoms with Crippen molar-refractivity contribution in [3.05, 3.63) is 112 Å². The Hall–Kier alpha value is -4.03. The maximum atomic E-state index is 14.2. The molecule has 0 atom stereocenters. The Labute approximate surface area is 220 Å². The van der Waals surface area contributed by atoms with Crippen LogP contribution in [0, 0.1) is 12.3 Å². The molecule has 0 saturated heterocycles. The number of rotatable bonds is 7. The van der Waals surface area contributed by atoms with Gasteiger partial charge < -0.3 is 4.90 Å². The average molecular weight is 526 g/mol. The number of thiazole rings is 1. The average Bonchev–Trinajstić information content (AvgIpc) is 3.52. The van der Waals surface area contributed by atoms with Gasteiger partial charge in [-0.1, -0.05) is 66.6 Å². The number of fused-ring (bicyclic) bond motifs is 1. The molecule has 1 amide bonds.